The van der Waals surface area contributed by atoms with Crippen molar-refractivity contribution in [2.24, 2.45) is 0 Å². The van der Waals surface area contributed by atoms with Crippen molar-refractivity contribution in [1.82, 2.24) is 14.9 Å². The molecule has 0 atom stereocenters. The molecule has 0 aliphatic rings. The SMILES string of the molecule is CC(C)N(Cc1nc2ccccc2c(=O)[nH]1)C(=O)CCOc1cccc(Cl)c1. The van der Waals surface area contributed by atoms with Gasteiger partial charge in [-0.2, -0.15) is 0 Å². The fraction of sp³-hybridized carbons (Fsp3) is 0.286. The maximum absolute atomic E-state index is 12.7. The predicted octanol–water partition coefficient (Wildman–Crippen LogP) is 3.78. The van der Waals surface area contributed by atoms with Crippen LogP contribution in [0.15, 0.2) is 53.3 Å². The number of H-pyrrole nitrogens is 1. The molecule has 0 unspecified atom stereocenters. The van der Waals surface area contributed by atoms with Gasteiger partial charge in [0.2, 0.25) is 5.91 Å². The van der Waals surface area contributed by atoms with Crippen molar-refractivity contribution >= 4 is 28.4 Å². The van der Waals surface area contributed by atoms with E-state index >= 15 is 0 Å². The van der Waals surface area contributed by atoms with Gasteiger partial charge in [0.05, 0.1) is 30.5 Å². The minimum Gasteiger partial charge on any atom is -0.493 e. The van der Waals surface area contributed by atoms with Crippen LogP contribution < -0.4 is 10.3 Å². The standard InChI is InChI=1S/C21H22ClN3O3/c1-14(2)25(20(26)10-11-28-16-7-5-6-15(22)12-16)13-19-23-18-9-4-3-8-17(18)21(27)24-19/h3-9,12,14H,10-11,13H2,1-2H3,(H,23,24,27). The third-order valence-electron chi connectivity index (χ3n) is 4.31. The largest absolute Gasteiger partial charge is 0.493 e. The number of hydrogen-bond donors (Lipinski definition) is 1. The molecule has 0 aliphatic heterocycles. The molecule has 7 heteroatoms. The molecule has 2 aromatic carbocycles. The molecule has 3 rings (SSSR count). The van der Waals surface area contributed by atoms with E-state index in [1.165, 1.54) is 0 Å². The zero-order valence-corrected chi connectivity index (χ0v) is 16.6. The lowest BCUT2D eigenvalue weighted by molar-refractivity contribution is -0.134. The fourth-order valence-electron chi connectivity index (χ4n) is 2.89. The minimum atomic E-state index is -0.207. The van der Waals surface area contributed by atoms with Crippen LogP contribution in [0.5, 0.6) is 5.75 Å². The van der Waals surface area contributed by atoms with Crippen LogP contribution in [-0.4, -0.2) is 33.4 Å². The third kappa shape index (κ3) is 4.89. The smallest absolute Gasteiger partial charge is 0.258 e. The van der Waals surface area contributed by atoms with E-state index in [0.29, 0.717) is 27.5 Å². The van der Waals surface area contributed by atoms with Crippen LogP contribution in [0.4, 0.5) is 0 Å². The Balaban J connectivity index is 1.67. The summed E-state index contributed by atoms with van der Waals surface area (Å²) < 4.78 is 5.61. The number of hydrogen-bond acceptors (Lipinski definition) is 4. The molecule has 1 aromatic heterocycles. The summed E-state index contributed by atoms with van der Waals surface area (Å²) in [5.74, 6) is 1.01. The molecule has 0 bridgehead atoms. The molecule has 0 spiro atoms. The number of carbonyl (C=O) groups excluding carboxylic acids is 1. The predicted molar refractivity (Wildman–Crippen MR) is 110 cm³/mol. The Morgan fingerprint density at radius 3 is 2.75 bits per heavy atom. The number of para-hydroxylation sites is 1. The number of aromatic nitrogens is 2. The topological polar surface area (TPSA) is 75.3 Å². The second kappa shape index (κ2) is 8.89. The van der Waals surface area contributed by atoms with Gasteiger partial charge < -0.3 is 14.6 Å². The maximum atomic E-state index is 12.7. The van der Waals surface area contributed by atoms with Crippen molar-refractivity contribution < 1.29 is 9.53 Å². The quantitative estimate of drug-likeness (QED) is 0.656. The van der Waals surface area contributed by atoms with Crippen molar-refractivity contribution in [3.63, 3.8) is 0 Å². The molecule has 0 aliphatic carbocycles. The number of carbonyl (C=O) groups is 1. The first-order chi connectivity index (χ1) is 13.4. The second-order valence-corrected chi connectivity index (χ2v) is 7.14. The Morgan fingerprint density at radius 2 is 2.00 bits per heavy atom. The molecular formula is C21H22ClN3O3. The number of aromatic amines is 1. The maximum Gasteiger partial charge on any atom is 0.258 e. The number of ether oxygens (including phenoxy) is 1. The minimum absolute atomic E-state index is 0.0459. The molecule has 1 N–H and O–H groups in total. The summed E-state index contributed by atoms with van der Waals surface area (Å²) in [6.07, 6.45) is 0.211. The van der Waals surface area contributed by atoms with Crippen molar-refractivity contribution in [1.29, 1.82) is 0 Å². The highest BCUT2D eigenvalue weighted by atomic mass is 35.5. The molecule has 0 saturated carbocycles. The summed E-state index contributed by atoms with van der Waals surface area (Å²) >= 11 is 5.93. The Labute approximate surface area is 168 Å². The van der Waals surface area contributed by atoms with Gasteiger partial charge in [-0.15, -0.1) is 0 Å². The first-order valence-corrected chi connectivity index (χ1v) is 9.47. The lowest BCUT2D eigenvalue weighted by Gasteiger charge is -2.26. The summed E-state index contributed by atoms with van der Waals surface area (Å²) in [6, 6.07) is 14.1. The summed E-state index contributed by atoms with van der Waals surface area (Å²) in [6.45, 7) is 4.32. The van der Waals surface area contributed by atoms with E-state index < -0.39 is 0 Å². The van der Waals surface area contributed by atoms with Gasteiger partial charge in [0.1, 0.15) is 11.6 Å². The van der Waals surface area contributed by atoms with E-state index in [1.807, 2.05) is 19.9 Å². The van der Waals surface area contributed by atoms with Crippen molar-refractivity contribution in [2.75, 3.05) is 6.61 Å². The molecule has 0 fully saturated rings. The fourth-order valence-corrected chi connectivity index (χ4v) is 3.07. The number of amides is 1. The highest BCUT2D eigenvalue weighted by Gasteiger charge is 2.19. The van der Waals surface area contributed by atoms with E-state index in [9.17, 15) is 9.59 Å². The normalized spacial score (nSPS) is 11.0. The molecule has 146 valence electrons. The van der Waals surface area contributed by atoms with E-state index in [4.69, 9.17) is 16.3 Å². The Kier molecular flexibility index (Phi) is 6.31. The van der Waals surface area contributed by atoms with Gasteiger partial charge >= 0.3 is 0 Å². The van der Waals surface area contributed by atoms with Gasteiger partial charge in [-0.05, 0) is 44.2 Å². The van der Waals surface area contributed by atoms with Gasteiger partial charge in [-0.1, -0.05) is 29.8 Å². The summed E-state index contributed by atoms with van der Waals surface area (Å²) in [4.78, 5) is 33.9. The number of fused-ring (bicyclic) bond motifs is 1. The van der Waals surface area contributed by atoms with Gasteiger partial charge in [0, 0.05) is 11.1 Å². The van der Waals surface area contributed by atoms with Crippen LogP contribution >= 0.6 is 11.6 Å². The number of nitrogens with zero attached hydrogens (tertiary/aromatic N) is 2. The van der Waals surface area contributed by atoms with Crippen molar-refractivity contribution in [2.45, 2.75) is 32.9 Å². The van der Waals surface area contributed by atoms with Crippen LogP contribution in [0, 0.1) is 0 Å². The van der Waals surface area contributed by atoms with Crippen LogP contribution in [0.3, 0.4) is 0 Å². The van der Waals surface area contributed by atoms with E-state index in [1.54, 1.807) is 47.4 Å². The molecule has 3 aromatic rings. The highest BCUT2D eigenvalue weighted by molar-refractivity contribution is 6.30. The molecule has 1 heterocycles. The summed E-state index contributed by atoms with van der Waals surface area (Å²) in [5.41, 5.74) is 0.405. The molecule has 28 heavy (non-hydrogen) atoms. The zero-order valence-electron chi connectivity index (χ0n) is 15.8. The van der Waals surface area contributed by atoms with Gasteiger partial charge in [-0.25, -0.2) is 4.98 Å². The Morgan fingerprint density at radius 1 is 1.21 bits per heavy atom. The molecule has 1 amide bonds. The summed E-state index contributed by atoms with van der Waals surface area (Å²) in [7, 11) is 0. The molecular weight excluding hydrogens is 378 g/mol. The first kappa shape index (κ1) is 19.9. The number of rotatable bonds is 7. The number of halogens is 1. The van der Waals surface area contributed by atoms with Gasteiger partial charge in [0.25, 0.3) is 5.56 Å². The summed E-state index contributed by atoms with van der Waals surface area (Å²) in [5, 5.41) is 1.11. The first-order valence-electron chi connectivity index (χ1n) is 9.10. The van der Waals surface area contributed by atoms with Gasteiger partial charge in [-0.3, -0.25) is 9.59 Å². The van der Waals surface area contributed by atoms with Crippen LogP contribution in [0.1, 0.15) is 26.1 Å². The molecule has 0 saturated heterocycles. The van der Waals surface area contributed by atoms with Crippen molar-refractivity contribution in [3.8, 4) is 5.75 Å². The van der Waals surface area contributed by atoms with E-state index in [0.717, 1.165) is 0 Å². The Bertz CT molecular complexity index is 1030. The Hall–Kier alpha value is -2.86. The van der Waals surface area contributed by atoms with Gasteiger partial charge in [0.15, 0.2) is 0 Å². The van der Waals surface area contributed by atoms with E-state index in [-0.39, 0.29) is 37.1 Å². The van der Waals surface area contributed by atoms with Crippen LogP contribution in [0.2, 0.25) is 5.02 Å². The van der Waals surface area contributed by atoms with E-state index in [2.05, 4.69) is 9.97 Å². The van der Waals surface area contributed by atoms with Crippen molar-refractivity contribution in [3.05, 3.63) is 69.7 Å². The van der Waals surface area contributed by atoms with Crippen LogP contribution in [-0.2, 0) is 11.3 Å². The lowest BCUT2D eigenvalue weighted by Crippen LogP contribution is -2.38. The van der Waals surface area contributed by atoms with Crippen LogP contribution in [0.25, 0.3) is 10.9 Å². The zero-order chi connectivity index (χ0) is 20.1. The third-order valence-corrected chi connectivity index (χ3v) is 4.54. The lowest BCUT2D eigenvalue weighted by atomic mass is 10.2. The molecule has 6 nitrogen and oxygen atoms in total. The second-order valence-electron chi connectivity index (χ2n) is 6.70. The molecule has 0 radical (unpaired) electrons. The monoisotopic (exact) mass is 399 g/mol. The highest BCUT2D eigenvalue weighted by Crippen LogP contribution is 2.17. The average molecular weight is 400 g/mol. The number of benzene rings is 2. The average Bonchev–Trinajstić information content (AvgIpc) is 2.66. The number of nitrogens with one attached hydrogen (secondary N) is 1.